The fourth-order valence-corrected chi connectivity index (χ4v) is 2.23. The van der Waals surface area contributed by atoms with Crippen LogP contribution in [0, 0.1) is 23.2 Å². The molecule has 1 aliphatic rings. The van der Waals surface area contributed by atoms with E-state index < -0.39 is 0 Å². The van der Waals surface area contributed by atoms with Gasteiger partial charge in [-0.3, -0.25) is 0 Å². The average molecular weight is 182 g/mol. The third kappa shape index (κ3) is 2.72. The van der Waals surface area contributed by atoms with E-state index in [2.05, 4.69) is 34.6 Å². The molecule has 1 rings (SSSR count). The van der Waals surface area contributed by atoms with E-state index in [9.17, 15) is 0 Å². The van der Waals surface area contributed by atoms with Crippen molar-refractivity contribution in [2.75, 3.05) is 0 Å². The van der Waals surface area contributed by atoms with Crippen LogP contribution in [-0.2, 0) is 0 Å². The van der Waals surface area contributed by atoms with Gasteiger partial charge in [0, 0.05) is 0 Å². The van der Waals surface area contributed by atoms with E-state index >= 15 is 0 Å². The molecule has 0 aliphatic heterocycles. The number of rotatable bonds is 5. The molecule has 0 aromatic carbocycles. The second kappa shape index (κ2) is 4.02. The lowest BCUT2D eigenvalue weighted by Gasteiger charge is -2.20. The Labute approximate surface area is 84.1 Å². The Bertz CT molecular complexity index is 161. The Balaban J connectivity index is 2.19. The van der Waals surface area contributed by atoms with Crippen LogP contribution in [0.2, 0.25) is 0 Å². The van der Waals surface area contributed by atoms with Crippen LogP contribution in [0.3, 0.4) is 0 Å². The van der Waals surface area contributed by atoms with Gasteiger partial charge in [-0.15, -0.1) is 0 Å². The standard InChI is InChI=1S/C13H26/c1-6-10(2)11(3)7-8-13(5)9-12(13)4/h10-12H,6-9H2,1-5H3. The van der Waals surface area contributed by atoms with Crippen molar-refractivity contribution in [2.45, 2.75) is 60.3 Å². The Hall–Kier alpha value is 0. The maximum atomic E-state index is 2.46. The van der Waals surface area contributed by atoms with Gasteiger partial charge >= 0.3 is 0 Å². The van der Waals surface area contributed by atoms with E-state index in [1.54, 1.807) is 0 Å². The van der Waals surface area contributed by atoms with E-state index in [0.29, 0.717) is 0 Å². The topological polar surface area (TPSA) is 0 Å². The van der Waals surface area contributed by atoms with Crippen molar-refractivity contribution < 1.29 is 0 Å². The molecule has 0 heteroatoms. The Kier molecular flexibility index (Phi) is 3.43. The highest BCUT2D eigenvalue weighted by Crippen LogP contribution is 2.55. The highest BCUT2D eigenvalue weighted by molar-refractivity contribution is 4.95. The molecule has 13 heavy (non-hydrogen) atoms. The summed E-state index contributed by atoms with van der Waals surface area (Å²) in [7, 11) is 0. The molecular weight excluding hydrogens is 156 g/mol. The minimum Gasteiger partial charge on any atom is -0.0651 e. The molecule has 0 aromatic rings. The van der Waals surface area contributed by atoms with E-state index in [-0.39, 0.29) is 0 Å². The fourth-order valence-electron chi connectivity index (χ4n) is 2.23. The Morgan fingerprint density at radius 1 is 1.31 bits per heavy atom. The van der Waals surface area contributed by atoms with Gasteiger partial charge in [0.05, 0.1) is 0 Å². The van der Waals surface area contributed by atoms with Crippen LogP contribution in [-0.4, -0.2) is 0 Å². The highest BCUT2D eigenvalue weighted by Gasteiger charge is 2.45. The summed E-state index contributed by atoms with van der Waals surface area (Å²) in [6.45, 7) is 12.0. The van der Waals surface area contributed by atoms with Gasteiger partial charge in [0.15, 0.2) is 0 Å². The van der Waals surface area contributed by atoms with Gasteiger partial charge in [-0.2, -0.15) is 0 Å². The summed E-state index contributed by atoms with van der Waals surface area (Å²) < 4.78 is 0. The summed E-state index contributed by atoms with van der Waals surface area (Å²) in [6, 6.07) is 0. The first-order valence-electron chi connectivity index (χ1n) is 5.99. The molecule has 0 heterocycles. The zero-order chi connectivity index (χ0) is 10.1. The summed E-state index contributed by atoms with van der Waals surface area (Å²) in [5.41, 5.74) is 0.724. The smallest absolute Gasteiger partial charge is 0.0297 e. The minimum absolute atomic E-state index is 0.724. The molecule has 78 valence electrons. The number of hydrogen-bond donors (Lipinski definition) is 0. The first kappa shape index (κ1) is 11.1. The van der Waals surface area contributed by atoms with Gasteiger partial charge < -0.3 is 0 Å². The first-order valence-corrected chi connectivity index (χ1v) is 5.99. The van der Waals surface area contributed by atoms with Gasteiger partial charge in [0.25, 0.3) is 0 Å². The van der Waals surface area contributed by atoms with Crippen molar-refractivity contribution in [1.82, 2.24) is 0 Å². The summed E-state index contributed by atoms with van der Waals surface area (Å²) in [5, 5.41) is 0. The van der Waals surface area contributed by atoms with Crippen molar-refractivity contribution in [3.8, 4) is 0 Å². The van der Waals surface area contributed by atoms with Crippen LogP contribution >= 0.6 is 0 Å². The van der Waals surface area contributed by atoms with E-state index in [4.69, 9.17) is 0 Å². The molecule has 0 saturated heterocycles. The fraction of sp³-hybridized carbons (Fsp3) is 1.00. The van der Waals surface area contributed by atoms with Gasteiger partial charge in [0.1, 0.15) is 0 Å². The largest absolute Gasteiger partial charge is 0.0651 e. The lowest BCUT2D eigenvalue weighted by atomic mass is 9.86. The summed E-state index contributed by atoms with van der Waals surface area (Å²) in [4.78, 5) is 0. The second-order valence-corrected chi connectivity index (χ2v) is 5.66. The normalized spacial score (nSPS) is 37.2. The quantitative estimate of drug-likeness (QED) is 0.587. The molecule has 4 atom stereocenters. The SMILES string of the molecule is CCC(C)C(C)CCC1(C)CC1C. The predicted octanol–water partition coefficient (Wildman–Crippen LogP) is 4.49. The van der Waals surface area contributed by atoms with Crippen LogP contribution in [0.5, 0.6) is 0 Å². The van der Waals surface area contributed by atoms with E-state index in [1.165, 1.54) is 25.7 Å². The van der Waals surface area contributed by atoms with Crippen LogP contribution in [0.25, 0.3) is 0 Å². The van der Waals surface area contributed by atoms with Crippen molar-refractivity contribution in [1.29, 1.82) is 0 Å². The first-order chi connectivity index (χ1) is 5.99. The van der Waals surface area contributed by atoms with E-state index in [0.717, 1.165) is 23.2 Å². The lowest BCUT2D eigenvalue weighted by molar-refractivity contribution is 0.311. The van der Waals surface area contributed by atoms with Crippen LogP contribution in [0.4, 0.5) is 0 Å². The van der Waals surface area contributed by atoms with Crippen LogP contribution in [0.15, 0.2) is 0 Å². The minimum atomic E-state index is 0.724. The van der Waals surface area contributed by atoms with Gasteiger partial charge in [-0.05, 0) is 42.4 Å². The van der Waals surface area contributed by atoms with Gasteiger partial charge in [-0.25, -0.2) is 0 Å². The molecule has 0 radical (unpaired) electrons. The molecule has 0 bridgehead atoms. The van der Waals surface area contributed by atoms with Crippen molar-refractivity contribution in [3.05, 3.63) is 0 Å². The zero-order valence-corrected chi connectivity index (χ0v) is 10.1. The Morgan fingerprint density at radius 2 is 1.85 bits per heavy atom. The Morgan fingerprint density at radius 3 is 2.23 bits per heavy atom. The predicted molar refractivity (Wildman–Crippen MR) is 59.7 cm³/mol. The van der Waals surface area contributed by atoms with Crippen molar-refractivity contribution in [2.24, 2.45) is 23.2 Å². The molecule has 1 saturated carbocycles. The maximum absolute atomic E-state index is 2.46. The second-order valence-electron chi connectivity index (χ2n) is 5.66. The molecule has 0 nitrogen and oxygen atoms in total. The molecule has 0 aromatic heterocycles. The van der Waals surface area contributed by atoms with Crippen molar-refractivity contribution in [3.63, 3.8) is 0 Å². The summed E-state index contributed by atoms with van der Waals surface area (Å²) in [5.74, 6) is 2.84. The van der Waals surface area contributed by atoms with Crippen LogP contribution in [0.1, 0.15) is 60.3 Å². The molecule has 0 spiro atoms. The van der Waals surface area contributed by atoms with Crippen LogP contribution < -0.4 is 0 Å². The monoisotopic (exact) mass is 182 g/mol. The van der Waals surface area contributed by atoms with Gasteiger partial charge in [0.2, 0.25) is 0 Å². The third-order valence-electron chi connectivity index (χ3n) is 4.59. The van der Waals surface area contributed by atoms with Gasteiger partial charge in [-0.1, -0.05) is 41.0 Å². The average Bonchev–Trinajstić information content (AvgIpc) is 2.70. The van der Waals surface area contributed by atoms with E-state index in [1.807, 2.05) is 0 Å². The molecular formula is C13H26. The summed E-state index contributed by atoms with van der Waals surface area (Å²) in [6.07, 6.45) is 5.71. The third-order valence-corrected chi connectivity index (χ3v) is 4.59. The molecule has 1 aliphatic carbocycles. The summed E-state index contributed by atoms with van der Waals surface area (Å²) >= 11 is 0. The number of hydrogen-bond acceptors (Lipinski definition) is 0. The van der Waals surface area contributed by atoms with Crippen molar-refractivity contribution >= 4 is 0 Å². The maximum Gasteiger partial charge on any atom is -0.0297 e. The zero-order valence-electron chi connectivity index (χ0n) is 10.1. The molecule has 4 unspecified atom stereocenters. The lowest BCUT2D eigenvalue weighted by Crippen LogP contribution is -2.09. The highest BCUT2D eigenvalue weighted by atomic mass is 14.5. The molecule has 1 fully saturated rings. The molecule has 0 amide bonds. The molecule has 0 N–H and O–H groups in total.